The largest absolute Gasteiger partial charge is 0.365 e. The van der Waals surface area contributed by atoms with E-state index in [0.29, 0.717) is 12.2 Å². The fourth-order valence-electron chi connectivity index (χ4n) is 2.14. The molecule has 2 aromatic rings. The Morgan fingerprint density at radius 1 is 1.36 bits per heavy atom. The van der Waals surface area contributed by atoms with Crippen molar-refractivity contribution in [2.45, 2.75) is 17.7 Å². The Kier molecular flexibility index (Phi) is 4.26. The maximum Gasteiger partial charge on any atom is 0.350 e. The fourth-order valence-corrected chi connectivity index (χ4v) is 3.19. The van der Waals surface area contributed by atoms with E-state index in [-0.39, 0.29) is 22.5 Å². The normalized spacial score (nSPS) is 20.8. The van der Waals surface area contributed by atoms with Crippen molar-refractivity contribution in [3.8, 4) is 0 Å². The number of aromatic nitrogens is 2. The minimum atomic E-state index is -0.402. The highest BCUT2D eigenvalue weighted by molar-refractivity contribution is 8.00. The summed E-state index contributed by atoms with van der Waals surface area (Å²) in [6.45, 7) is 2.42. The number of amides is 1. The Bertz CT molecular complexity index is 732. The molecule has 1 amide bonds. The SMILES string of the molecule is CC1OCC(n2ccc(NC(=O)c3ccccc3)nc2=O)S1. The molecule has 3 rings (SSSR count). The Hall–Kier alpha value is -2.12. The van der Waals surface area contributed by atoms with Crippen LogP contribution in [0.3, 0.4) is 0 Å². The topological polar surface area (TPSA) is 73.2 Å². The summed E-state index contributed by atoms with van der Waals surface area (Å²) in [5.41, 5.74) is 0.178. The van der Waals surface area contributed by atoms with E-state index >= 15 is 0 Å². The van der Waals surface area contributed by atoms with Gasteiger partial charge in [0.05, 0.1) is 6.61 Å². The van der Waals surface area contributed by atoms with Crippen LogP contribution >= 0.6 is 11.8 Å². The Balaban J connectivity index is 1.75. The van der Waals surface area contributed by atoms with Crippen LogP contribution in [0.4, 0.5) is 5.82 Å². The second kappa shape index (κ2) is 6.33. The number of carbonyl (C=O) groups is 1. The highest BCUT2D eigenvalue weighted by atomic mass is 32.2. The molecule has 1 aliphatic rings. The molecular weight excluding hydrogens is 302 g/mol. The molecule has 2 atom stereocenters. The lowest BCUT2D eigenvalue weighted by Gasteiger charge is -2.11. The molecule has 0 radical (unpaired) electrons. The summed E-state index contributed by atoms with van der Waals surface area (Å²) in [6.07, 6.45) is 1.63. The first kappa shape index (κ1) is 14.8. The summed E-state index contributed by atoms with van der Waals surface area (Å²) in [7, 11) is 0. The van der Waals surface area contributed by atoms with Crippen LogP contribution < -0.4 is 11.0 Å². The molecule has 1 aromatic carbocycles. The maximum absolute atomic E-state index is 12.1. The van der Waals surface area contributed by atoms with Crippen molar-refractivity contribution in [2.75, 3.05) is 11.9 Å². The average molecular weight is 317 g/mol. The molecule has 2 unspecified atom stereocenters. The molecule has 1 N–H and O–H groups in total. The lowest BCUT2D eigenvalue weighted by atomic mass is 10.2. The van der Waals surface area contributed by atoms with Gasteiger partial charge in [0.1, 0.15) is 16.6 Å². The number of hydrogen-bond acceptors (Lipinski definition) is 5. The van der Waals surface area contributed by atoms with Gasteiger partial charge in [-0.25, -0.2) is 4.79 Å². The van der Waals surface area contributed by atoms with Gasteiger partial charge in [-0.1, -0.05) is 18.2 Å². The molecule has 0 saturated carbocycles. The van der Waals surface area contributed by atoms with Crippen molar-refractivity contribution >= 4 is 23.5 Å². The summed E-state index contributed by atoms with van der Waals surface area (Å²) >= 11 is 1.56. The lowest BCUT2D eigenvalue weighted by Crippen LogP contribution is -2.27. The molecule has 0 spiro atoms. The van der Waals surface area contributed by atoms with Crippen molar-refractivity contribution < 1.29 is 9.53 Å². The number of nitrogens with one attached hydrogen (secondary N) is 1. The van der Waals surface area contributed by atoms with Crippen molar-refractivity contribution in [1.82, 2.24) is 9.55 Å². The zero-order chi connectivity index (χ0) is 15.5. The van der Waals surface area contributed by atoms with Crippen LogP contribution in [0.5, 0.6) is 0 Å². The monoisotopic (exact) mass is 317 g/mol. The van der Waals surface area contributed by atoms with Gasteiger partial charge in [-0.05, 0) is 25.1 Å². The van der Waals surface area contributed by atoms with Crippen LogP contribution in [-0.2, 0) is 4.74 Å². The van der Waals surface area contributed by atoms with E-state index in [2.05, 4.69) is 10.3 Å². The minimum absolute atomic E-state index is 0.0642. The van der Waals surface area contributed by atoms with Gasteiger partial charge in [-0.2, -0.15) is 4.98 Å². The molecule has 1 fully saturated rings. The third-order valence-electron chi connectivity index (χ3n) is 3.24. The van der Waals surface area contributed by atoms with Gasteiger partial charge in [-0.3, -0.25) is 9.36 Å². The highest BCUT2D eigenvalue weighted by Crippen LogP contribution is 2.33. The smallest absolute Gasteiger partial charge is 0.350 e. The molecule has 0 aliphatic carbocycles. The molecule has 0 bridgehead atoms. The predicted octanol–water partition coefficient (Wildman–Crippen LogP) is 2.10. The number of hydrogen-bond donors (Lipinski definition) is 1. The first-order valence-corrected chi connectivity index (χ1v) is 7.80. The van der Waals surface area contributed by atoms with Crippen LogP contribution in [0.1, 0.15) is 22.7 Å². The zero-order valence-electron chi connectivity index (χ0n) is 11.9. The number of thioether (sulfide) groups is 1. The zero-order valence-corrected chi connectivity index (χ0v) is 12.7. The lowest BCUT2D eigenvalue weighted by molar-refractivity contribution is 0.102. The quantitative estimate of drug-likeness (QED) is 0.938. The van der Waals surface area contributed by atoms with Crippen molar-refractivity contribution in [3.63, 3.8) is 0 Å². The van der Waals surface area contributed by atoms with Gasteiger partial charge >= 0.3 is 5.69 Å². The fraction of sp³-hybridized carbons (Fsp3) is 0.267. The van der Waals surface area contributed by atoms with E-state index in [4.69, 9.17) is 4.74 Å². The number of nitrogens with zero attached hydrogens (tertiary/aromatic N) is 2. The number of rotatable bonds is 3. The second-order valence-corrected chi connectivity index (χ2v) is 6.29. The summed E-state index contributed by atoms with van der Waals surface area (Å²) in [4.78, 5) is 28.0. The van der Waals surface area contributed by atoms with Crippen LogP contribution in [0.25, 0.3) is 0 Å². The summed E-state index contributed by atoms with van der Waals surface area (Å²) in [6, 6.07) is 10.4. The third-order valence-corrected chi connectivity index (χ3v) is 4.44. The molecule has 1 saturated heterocycles. The average Bonchev–Trinajstić information content (AvgIpc) is 2.94. The van der Waals surface area contributed by atoms with Crippen molar-refractivity contribution in [2.24, 2.45) is 0 Å². The van der Waals surface area contributed by atoms with Crippen LogP contribution in [0.2, 0.25) is 0 Å². The Labute approximate surface area is 131 Å². The van der Waals surface area contributed by atoms with Crippen molar-refractivity contribution in [1.29, 1.82) is 0 Å². The van der Waals surface area contributed by atoms with Crippen LogP contribution in [-0.4, -0.2) is 27.5 Å². The van der Waals surface area contributed by atoms with Crippen molar-refractivity contribution in [3.05, 3.63) is 58.6 Å². The van der Waals surface area contributed by atoms with Gasteiger partial charge in [-0.15, -0.1) is 11.8 Å². The van der Waals surface area contributed by atoms with Crippen LogP contribution in [0.15, 0.2) is 47.4 Å². The molecule has 114 valence electrons. The van der Waals surface area contributed by atoms with Gasteiger partial charge < -0.3 is 10.1 Å². The molecular formula is C15H15N3O3S. The molecule has 22 heavy (non-hydrogen) atoms. The van der Waals surface area contributed by atoms with E-state index in [1.54, 1.807) is 48.3 Å². The summed E-state index contributed by atoms with van der Waals surface area (Å²) < 4.78 is 6.95. The van der Waals surface area contributed by atoms with E-state index < -0.39 is 5.69 Å². The van der Waals surface area contributed by atoms with E-state index in [1.807, 2.05) is 13.0 Å². The third kappa shape index (κ3) is 3.20. The minimum Gasteiger partial charge on any atom is -0.365 e. The molecule has 6 nitrogen and oxygen atoms in total. The number of carbonyl (C=O) groups excluding carboxylic acids is 1. The number of benzene rings is 1. The van der Waals surface area contributed by atoms with Crippen LogP contribution in [0, 0.1) is 0 Å². The van der Waals surface area contributed by atoms with Gasteiger partial charge in [0.2, 0.25) is 0 Å². The first-order valence-electron chi connectivity index (χ1n) is 6.86. The van der Waals surface area contributed by atoms with Gasteiger partial charge in [0.25, 0.3) is 5.91 Å². The summed E-state index contributed by atoms with van der Waals surface area (Å²) in [5.74, 6) is -0.0514. The number of anilines is 1. The predicted molar refractivity (Wildman–Crippen MR) is 84.9 cm³/mol. The van der Waals surface area contributed by atoms with Gasteiger partial charge in [0, 0.05) is 11.8 Å². The van der Waals surface area contributed by atoms with E-state index in [9.17, 15) is 9.59 Å². The molecule has 1 aromatic heterocycles. The summed E-state index contributed by atoms with van der Waals surface area (Å²) in [5, 5.41) is 2.55. The molecule has 1 aliphatic heterocycles. The first-order chi connectivity index (χ1) is 10.6. The maximum atomic E-state index is 12.1. The molecule has 7 heteroatoms. The Morgan fingerprint density at radius 2 is 2.14 bits per heavy atom. The van der Waals surface area contributed by atoms with E-state index in [1.165, 1.54) is 4.57 Å². The van der Waals surface area contributed by atoms with Gasteiger partial charge in [0.15, 0.2) is 0 Å². The second-order valence-electron chi connectivity index (χ2n) is 4.81. The van der Waals surface area contributed by atoms with E-state index in [0.717, 1.165) is 0 Å². The molecule has 2 heterocycles. The Morgan fingerprint density at radius 3 is 2.77 bits per heavy atom. The number of ether oxygens (including phenoxy) is 1. The highest BCUT2D eigenvalue weighted by Gasteiger charge is 2.25. The standard InChI is InChI=1S/C15H15N3O3S/c1-10-21-9-13(22-10)18-8-7-12(17-15(18)20)16-14(19)11-5-3-2-4-6-11/h2-8,10,13H,9H2,1H3,(H,16,17,19,20).